The third kappa shape index (κ3) is 5.69. The summed E-state index contributed by atoms with van der Waals surface area (Å²) in [6.07, 6.45) is 3.31. The molecule has 3 aromatic rings. The Bertz CT molecular complexity index is 1340. The standard InChI is InChI=1S/C21H22FN5O5S.CH4/c1-13(28)23-9-17-12-27(21(29)32-17)16-4-5-18(19(22)7-16)14-3-6-20-25-15(11-26(20)10-14)8-24-33(2,30)31;/h3-7,10-11,17,24H,8-9,12H2,1-2H3,(H,23,28);1H4/t17-;/m0./s1. The average molecular weight is 492 g/mol. The van der Waals surface area contributed by atoms with Gasteiger partial charge in [-0.3, -0.25) is 9.69 Å². The summed E-state index contributed by atoms with van der Waals surface area (Å²) in [5.41, 5.74) is 2.37. The molecular formula is C22H26FN5O5S. The van der Waals surface area contributed by atoms with Gasteiger partial charge in [0.15, 0.2) is 0 Å². The number of hydrogen-bond donors (Lipinski definition) is 2. The zero-order chi connectivity index (χ0) is 23.8. The molecule has 12 heteroatoms. The first-order valence-corrected chi connectivity index (χ1v) is 11.9. The second kappa shape index (κ2) is 9.77. The first kappa shape index (κ1) is 25.1. The molecule has 0 aliphatic carbocycles. The molecule has 10 nitrogen and oxygen atoms in total. The normalized spacial score (nSPS) is 15.8. The van der Waals surface area contributed by atoms with Gasteiger partial charge in [-0.15, -0.1) is 0 Å². The summed E-state index contributed by atoms with van der Waals surface area (Å²) in [4.78, 5) is 28.9. The van der Waals surface area contributed by atoms with Crippen LogP contribution < -0.4 is 14.9 Å². The molecule has 1 aliphatic rings. The van der Waals surface area contributed by atoms with Crippen LogP contribution in [0.3, 0.4) is 0 Å². The molecule has 1 aliphatic heterocycles. The van der Waals surface area contributed by atoms with Crippen molar-refractivity contribution >= 4 is 33.4 Å². The predicted octanol–water partition coefficient (Wildman–Crippen LogP) is 2.29. The van der Waals surface area contributed by atoms with E-state index in [4.69, 9.17) is 4.74 Å². The predicted molar refractivity (Wildman–Crippen MR) is 125 cm³/mol. The van der Waals surface area contributed by atoms with Gasteiger partial charge >= 0.3 is 6.09 Å². The van der Waals surface area contributed by atoms with Gasteiger partial charge in [0.1, 0.15) is 17.6 Å². The lowest BCUT2D eigenvalue weighted by Gasteiger charge is -2.14. The Morgan fingerprint density at radius 3 is 2.71 bits per heavy atom. The fourth-order valence-corrected chi connectivity index (χ4v) is 3.91. The van der Waals surface area contributed by atoms with E-state index in [9.17, 15) is 22.4 Å². The van der Waals surface area contributed by atoms with Crippen molar-refractivity contribution in [2.45, 2.75) is 27.0 Å². The lowest BCUT2D eigenvalue weighted by atomic mass is 10.1. The summed E-state index contributed by atoms with van der Waals surface area (Å²) < 4.78 is 46.8. The summed E-state index contributed by atoms with van der Waals surface area (Å²) in [5.74, 6) is -0.752. The number of pyridine rings is 1. The van der Waals surface area contributed by atoms with E-state index >= 15 is 0 Å². The van der Waals surface area contributed by atoms with Gasteiger partial charge in [0.25, 0.3) is 0 Å². The highest BCUT2D eigenvalue weighted by Gasteiger charge is 2.32. The van der Waals surface area contributed by atoms with Crippen molar-refractivity contribution in [1.29, 1.82) is 0 Å². The van der Waals surface area contributed by atoms with Crippen LogP contribution in [0.5, 0.6) is 0 Å². The molecule has 1 aromatic carbocycles. The van der Waals surface area contributed by atoms with Crippen molar-refractivity contribution < 1.29 is 27.1 Å². The van der Waals surface area contributed by atoms with Crippen LogP contribution >= 0.6 is 0 Å². The molecule has 4 rings (SSSR count). The number of sulfonamides is 1. The summed E-state index contributed by atoms with van der Waals surface area (Å²) >= 11 is 0. The van der Waals surface area contributed by atoms with Crippen LogP contribution in [-0.4, -0.2) is 55.3 Å². The Kier molecular flexibility index (Phi) is 7.22. The Labute approximate surface area is 196 Å². The van der Waals surface area contributed by atoms with Crippen LogP contribution in [0.4, 0.5) is 14.9 Å². The highest BCUT2D eigenvalue weighted by Crippen LogP contribution is 2.29. The number of halogens is 1. The van der Waals surface area contributed by atoms with Gasteiger partial charge in [-0.2, -0.15) is 0 Å². The third-order valence-corrected chi connectivity index (χ3v) is 5.71. The molecule has 0 radical (unpaired) electrons. The van der Waals surface area contributed by atoms with Gasteiger partial charge in [0, 0.05) is 30.4 Å². The molecule has 182 valence electrons. The number of carbonyl (C=O) groups excluding carboxylic acids is 2. The van der Waals surface area contributed by atoms with E-state index in [1.54, 1.807) is 41.1 Å². The minimum absolute atomic E-state index is 0. The van der Waals surface area contributed by atoms with Gasteiger partial charge in [-0.25, -0.2) is 27.3 Å². The van der Waals surface area contributed by atoms with Crippen LogP contribution in [-0.2, 0) is 26.1 Å². The minimum atomic E-state index is -3.35. The van der Waals surface area contributed by atoms with Crippen molar-refractivity contribution in [3.05, 3.63) is 54.2 Å². The van der Waals surface area contributed by atoms with Crippen LogP contribution in [0.15, 0.2) is 42.7 Å². The van der Waals surface area contributed by atoms with Crippen LogP contribution in [0.25, 0.3) is 16.8 Å². The summed E-state index contributed by atoms with van der Waals surface area (Å²) in [7, 11) is -3.35. The first-order chi connectivity index (χ1) is 15.6. The zero-order valence-electron chi connectivity index (χ0n) is 17.9. The maximum atomic E-state index is 15.0. The number of benzene rings is 1. The molecule has 0 spiro atoms. The monoisotopic (exact) mass is 491 g/mol. The minimum Gasteiger partial charge on any atom is -0.442 e. The lowest BCUT2D eigenvalue weighted by molar-refractivity contribution is -0.119. The molecule has 2 amide bonds. The van der Waals surface area contributed by atoms with E-state index in [-0.39, 0.29) is 33.0 Å². The van der Waals surface area contributed by atoms with Crippen molar-refractivity contribution in [2.75, 3.05) is 24.2 Å². The molecule has 1 fully saturated rings. The van der Waals surface area contributed by atoms with Gasteiger partial charge < -0.3 is 14.5 Å². The van der Waals surface area contributed by atoms with Gasteiger partial charge in [0.05, 0.1) is 37.3 Å². The Balaban J connectivity index is 0.00000324. The summed E-state index contributed by atoms with van der Waals surface area (Å²) in [5, 5.41) is 2.60. The quantitative estimate of drug-likeness (QED) is 0.523. The number of cyclic esters (lactones) is 1. The number of aromatic nitrogens is 2. The molecule has 34 heavy (non-hydrogen) atoms. The van der Waals surface area contributed by atoms with Crippen molar-refractivity contribution in [2.24, 2.45) is 0 Å². The van der Waals surface area contributed by atoms with Crippen molar-refractivity contribution in [1.82, 2.24) is 19.4 Å². The summed E-state index contributed by atoms with van der Waals surface area (Å²) in [6.45, 7) is 1.80. The second-order valence-corrected chi connectivity index (χ2v) is 9.56. The largest absolute Gasteiger partial charge is 0.442 e. The van der Waals surface area contributed by atoms with Crippen molar-refractivity contribution in [3.8, 4) is 11.1 Å². The Hall–Kier alpha value is -3.51. The first-order valence-electron chi connectivity index (χ1n) is 10.0. The smallest absolute Gasteiger partial charge is 0.414 e. The van der Waals surface area contributed by atoms with E-state index < -0.39 is 28.0 Å². The molecule has 2 N–H and O–H groups in total. The molecule has 1 atom stereocenters. The topological polar surface area (TPSA) is 122 Å². The highest BCUT2D eigenvalue weighted by atomic mass is 32.2. The molecule has 2 aromatic heterocycles. The highest BCUT2D eigenvalue weighted by molar-refractivity contribution is 7.88. The van der Waals surface area contributed by atoms with Gasteiger partial charge in [0.2, 0.25) is 15.9 Å². The third-order valence-electron chi connectivity index (χ3n) is 5.04. The van der Waals surface area contributed by atoms with Crippen molar-refractivity contribution in [3.63, 3.8) is 0 Å². The number of amides is 2. The molecular weight excluding hydrogens is 465 g/mol. The lowest BCUT2D eigenvalue weighted by Crippen LogP contribution is -2.33. The summed E-state index contributed by atoms with van der Waals surface area (Å²) in [6, 6.07) is 7.87. The number of fused-ring (bicyclic) bond motifs is 1. The number of anilines is 1. The fourth-order valence-electron chi connectivity index (χ4n) is 3.50. The Morgan fingerprint density at radius 2 is 2.03 bits per heavy atom. The van der Waals surface area contributed by atoms with Crippen LogP contribution in [0.1, 0.15) is 20.0 Å². The van der Waals surface area contributed by atoms with E-state index in [0.29, 0.717) is 28.2 Å². The molecule has 1 saturated heterocycles. The number of nitrogens with one attached hydrogen (secondary N) is 2. The maximum absolute atomic E-state index is 15.0. The molecule has 0 unspecified atom stereocenters. The Morgan fingerprint density at radius 1 is 1.26 bits per heavy atom. The molecule has 0 saturated carbocycles. The second-order valence-electron chi connectivity index (χ2n) is 7.73. The van der Waals surface area contributed by atoms with E-state index in [1.807, 2.05) is 0 Å². The fraction of sp³-hybridized carbons (Fsp3) is 0.318. The van der Waals surface area contributed by atoms with E-state index in [0.717, 1.165) is 6.26 Å². The number of imidazole rings is 1. The molecule has 3 heterocycles. The number of carbonyl (C=O) groups is 2. The SMILES string of the molecule is C.CC(=O)NC[C@H]1CN(c2ccc(-c3ccc4nc(CNS(C)(=O)=O)cn4c3)c(F)c2)C(=O)O1. The number of ether oxygens (including phenoxy) is 1. The maximum Gasteiger partial charge on any atom is 0.414 e. The zero-order valence-corrected chi connectivity index (χ0v) is 18.7. The van der Waals surface area contributed by atoms with Crippen LogP contribution in [0, 0.1) is 5.82 Å². The number of rotatable bonds is 7. The van der Waals surface area contributed by atoms with E-state index in [2.05, 4.69) is 15.0 Å². The number of hydrogen-bond acceptors (Lipinski definition) is 6. The van der Waals surface area contributed by atoms with E-state index in [1.165, 1.54) is 17.9 Å². The van der Waals surface area contributed by atoms with Crippen LogP contribution in [0.2, 0.25) is 0 Å². The number of nitrogens with zero attached hydrogens (tertiary/aromatic N) is 3. The van der Waals surface area contributed by atoms with Gasteiger partial charge in [-0.05, 0) is 30.3 Å². The molecule has 0 bridgehead atoms. The van der Waals surface area contributed by atoms with Gasteiger partial charge in [-0.1, -0.05) is 7.43 Å². The average Bonchev–Trinajstić information content (AvgIpc) is 3.32.